The molecule has 0 saturated heterocycles. The lowest BCUT2D eigenvalue weighted by atomic mass is 10.2. The largest absolute Gasteiger partial charge is 0.367 e. The summed E-state index contributed by atoms with van der Waals surface area (Å²) in [6.45, 7) is 5.26. The van der Waals surface area contributed by atoms with Crippen molar-refractivity contribution in [3.05, 3.63) is 12.3 Å². The zero-order valence-electron chi connectivity index (χ0n) is 10.7. The van der Waals surface area contributed by atoms with Gasteiger partial charge in [0.1, 0.15) is 5.82 Å². The molecular formula is C13H22N4. The summed E-state index contributed by atoms with van der Waals surface area (Å²) in [5.41, 5.74) is 0. The second kappa shape index (κ2) is 5.84. The van der Waals surface area contributed by atoms with Crippen molar-refractivity contribution in [1.29, 1.82) is 0 Å². The molecule has 0 unspecified atom stereocenters. The molecule has 1 fully saturated rings. The van der Waals surface area contributed by atoms with E-state index in [0.29, 0.717) is 12.0 Å². The second-order valence-corrected chi connectivity index (χ2v) is 5.17. The summed E-state index contributed by atoms with van der Waals surface area (Å²) in [4.78, 5) is 8.70. The third-order valence-electron chi connectivity index (χ3n) is 3.03. The van der Waals surface area contributed by atoms with Gasteiger partial charge < -0.3 is 10.6 Å². The van der Waals surface area contributed by atoms with Gasteiger partial charge >= 0.3 is 0 Å². The van der Waals surface area contributed by atoms with Crippen LogP contribution in [0.3, 0.4) is 0 Å². The molecule has 0 spiro atoms. The van der Waals surface area contributed by atoms with E-state index in [4.69, 9.17) is 0 Å². The van der Waals surface area contributed by atoms with E-state index in [9.17, 15) is 0 Å². The third-order valence-corrected chi connectivity index (χ3v) is 3.03. The van der Waals surface area contributed by atoms with Crippen LogP contribution in [0.4, 0.5) is 11.8 Å². The zero-order chi connectivity index (χ0) is 12.1. The van der Waals surface area contributed by atoms with Crippen LogP contribution < -0.4 is 10.6 Å². The standard InChI is InChI=1S/C13H22N4/c1-10(2)9-15-13-14-8-7-12(17-13)16-11-5-3-4-6-11/h7-8,10-11H,3-6,9H2,1-2H3,(H2,14,15,16,17). The molecule has 1 aromatic rings. The van der Waals surface area contributed by atoms with Crippen LogP contribution in [0, 0.1) is 5.92 Å². The number of aromatic nitrogens is 2. The van der Waals surface area contributed by atoms with Gasteiger partial charge in [0, 0.05) is 18.8 Å². The molecule has 1 aliphatic rings. The third kappa shape index (κ3) is 3.88. The van der Waals surface area contributed by atoms with E-state index in [1.165, 1.54) is 25.7 Å². The van der Waals surface area contributed by atoms with Crippen molar-refractivity contribution in [2.75, 3.05) is 17.2 Å². The van der Waals surface area contributed by atoms with Crippen LogP contribution >= 0.6 is 0 Å². The van der Waals surface area contributed by atoms with Gasteiger partial charge in [0.05, 0.1) is 0 Å². The lowest BCUT2D eigenvalue weighted by Gasteiger charge is -2.13. The minimum absolute atomic E-state index is 0.600. The van der Waals surface area contributed by atoms with Crippen molar-refractivity contribution in [3.8, 4) is 0 Å². The Labute approximate surface area is 103 Å². The van der Waals surface area contributed by atoms with Crippen LogP contribution in [0.25, 0.3) is 0 Å². The van der Waals surface area contributed by atoms with E-state index < -0.39 is 0 Å². The molecule has 1 aromatic heterocycles. The molecular weight excluding hydrogens is 212 g/mol. The summed E-state index contributed by atoms with van der Waals surface area (Å²) in [5.74, 6) is 2.27. The van der Waals surface area contributed by atoms with Gasteiger partial charge in [-0.05, 0) is 24.8 Å². The van der Waals surface area contributed by atoms with E-state index >= 15 is 0 Å². The predicted molar refractivity (Wildman–Crippen MR) is 71.2 cm³/mol. The summed E-state index contributed by atoms with van der Waals surface area (Å²) < 4.78 is 0. The Kier molecular flexibility index (Phi) is 4.18. The smallest absolute Gasteiger partial charge is 0.224 e. The minimum Gasteiger partial charge on any atom is -0.367 e. The number of anilines is 2. The van der Waals surface area contributed by atoms with Crippen molar-refractivity contribution in [2.45, 2.75) is 45.6 Å². The van der Waals surface area contributed by atoms with Crippen molar-refractivity contribution < 1.29 is 0 Å². The maximum Gasteiger partial charge on any atom is 0.224 e. The monoisotopic (exact) mass is 234 g/mol. The topological polar surface area (TPSA) is 49.8 Å². The highest BCUT2D eigenvalue weighted by atomic mass is 15.1. The highest BCUT2D eigenvalue weighted by Crippen LogP contribution is 2.21. The van der Waals surface area contributed by atoms with Gasteiger partial charge in [0.15, 0.2) is 0 Å². The van der Waals surface area contributed by atoms with E-state index in [1.54, 1.807) is 0 Å². The number of rotatable bonds is 5. The van der Waals surface area contributed by atoms with Crippen LogP contribution in [-0.2, 0) is 0 Å². The normalized spacial score (nSPS) is 16.4. The molecule has 17 heavy (non-hydrogen) atoms. The molecule has 0 bridgehead atoms. The maximum absolute atomic E-state index is 4.47. The average Bonchev–Trinajstić information content (AvgIpc) is 2.80. The number of nitrogens with one attached hydrogen (secondary N) is 2. The van der Waals surface area contributed by atoms with E-state index in [1.807, 2.05) is 12.3 Å². The quantitative estimate of drug-likeness (QED) is 0.822. The van der Waals surface area contributed by atoms with E-state index in [-0.39, 0.29) is 0 Å². The molecule has 0 aliphatic heterocycles. The molecule has 1 saturated carbocycles. The van der Waals surface area contributed by atoms with Crippen LogP contribution in [0.2, 0.25) is 0 Å². The summed E-state index contributed by atoms with van der Waals surface area (Å²) in [6.07, 6.45) is 7.01. The molecule has 4 nitrogen and oxygen atoms in total. The molecule has 0 radical (unpaired) electrons. The van der Waals surface area contributed by atoms with Crippen molar-refractivity contribution >= 4 is 11.8 Å². The van der Waals surface area contributed by atoms with Gasteiger partial charge in [-0.1, -0.05) is 26.7 Å². The Balaban J connectivity index is 1.91. The Hall–Kier alpha value is -1.32. The van der Waals surface area contributed by atoms with Gasteiger partial charge in [-0.2, -0.15) is 4.98 Å². The van der Waals surface area contributed by atoms with Crippen LogP contribution in [0.5, 0.6) is 0 Å². The lowest BCUT2D eigenvalue weighted by molar-refractivity contribution is 0.684. The van der Waals surface area contributed by atoms with Gasteiger partial charge in [-0.3, -0.25) is 0 Å². The maximum atomic E-state index is 4.47. The summed E-state index contributed by atoms with van der Waals surface area (Å²) in [5, 5.41) is 6.72. The van der Waals surface area contributed by atoms with E-state index in [0.717, 1.165) is 18.3 Å². The Morgan fingerprint density at radius 1 is 1.35 bits per heavy atom. The van der Waals surface area contributed by atoms with Crippen molar-refractivity contribution in [3.63, 3.8) is 0 Å². The van der Waals surface area contributed by atoms with Gasteiger partial charge in [-0.25, -0.2) is 4.98 Å². The summed E-state index contributed by atoms with van der Waals surface area (Å²) >= 11 is 0. The van der Waals surface area contributed by atoms with E-state index in [2.05, 4.69) is 34.4 Å². The Morgan fingerprint density at radius 2 is 2.12 bits per heavy atom. The van der Waals surface area contributed by atoms with Gasteiger partial charge in [0.2, 0.25) is 5.95 Å². The molecule has 0 atom stereocenters. The Morgan fingerprint density at radius 3 is 2.82 bits per heavy atom. The van der Waals surface area contributed by atoms with Crippen LogP contribution in [-0.4, -0.2) is 22.6 Å². The zero-order valence-corrected chi connectivity index (χ0v) is 10.7. The lowest BCUT2D eigenvalue weighted by Crippen LogP contribution is -2.17. The fourth-order valence-electron chi connectivity index (χ4n) is 2.10. The summed E-state index contributed by atoms with van der Waals surface area (Å²) in [7, 11) is 0. The molecule has 0 amide bonds. The average molecular weight is 234 g/mol. The molecule has 1 aliphatic carbocycles. The molecule has 0 aromatic carbocycles. The summed E-state index contributed by atoms with van der Waals surface area (Å²) in [6, 6.07) is 2.54. The fourth-order valence-corrected chi connectivity index (χ4v) is 2.10. The molecule has 4 heteroatoms. The first kappa shape index (κ1) is 12.1. The number of hydrogen-bond acceptors (Lipinski definition) is 4. The van der Waals surface area contributed by atoms with Crippen molar-refractivity contribution in [1.82, 2.24) is 9.97 Å². The predicted octanol–water partition coefficient (Wildman–Crippen LogP) is 2.90. The molecule has 1 heterocycles. The number of hydrogen-bond donors (Lipinski definition) is 2. The van der Waals surface area contributed by atoms with Crippen LogP contribution in [0.15, 0.2) is 12.3 Å². The Bertz CT molecular complexity index is 345. The van der Waals surface area contributed by atoms with Gasteiger partial charge in [-0.15, -0.1) is 0 Å². The molecule has 2 N–H and O–H groups in total. The molecule has 2 rings (SSSR count). The van der Waals surface area contributed by atoms with Crippen LogP contribution in [0.1, 0.15) is 39.5 Å². The highest BCUT2D eigenvalue weighted by molar-refractivity contribution is 5.40. The second-order valence-electron chi connectivity index (χ2n) is 5.17. The number of nitrogens with zero attached hydrogens (tertiary/aromatic N) is 2. The first-order valence-corrected chi connectivity index (χ1v) is 6.57. The minimum atomic E-state index is 0.600. The SMILES string of the molecule is CC(C)CNc1nccc(NC2CCCC2)n1. The van der Waals surface area contributed by atoms with Gasteiger partial charge in [0.25, 0.3) is 0 Å². The first-order valence-electron chi connectivity index (χ1n) is 6.57. The molecule has 94 valence electrons. The fraction of sp³-hybridized carbons (Fsp3) is 0.692. The first-order chi connectivity index (χ1) is 8.24. The highest BCUT2D eigenvalue weighted by Gasteiger charge is 2.14. The van der Waals surface area contributed by atoms with Crippen molar-refractivity contribution in [2.24, 2.45) is 5.92 Å².